The molecule has 0 aliphatic heterocycles. The molecule has 0 saturated heterocycles. The monoisotopic (exact) mass is 481 g/mol. The summed E-state index contributed by atoms with van der Waals surface area (Å²) in [6, 6.07) is 17.3. The maximum atomic E-state index is 12.2. The van der Waals surface area contributed by atoms with Crippen molar-refractivity contribution >= 4 is 55.0 Å². The number of nitriles is 1. The quantitative estimate of drug-likeness (QED) is 0.312. The number of esters is 1. The van der Waals surface area contributed by atoms with Gasteiger partial charge in [0.1, 0.15) is 9.37 Å². The Labute approximate surface area is 185 Å². The van der Waals surface area contributed by atoms with Gasteiger partial charge >= 0.3 is 5.97 Å². The molecular formula is C22H16BrN3O3S. The summed E-state index contributed by atoms with van der Waals surface area (Å²) in [7, 11) is 0. The van der Waals surface area contributed by atoms with Crippen molar-refractivity contribution in [1.29, 1.82) is 5.26 Å². The first kappa shape index (κ1) is 20.1. The molecule has 0 amide bonds. The Hall–Kier alpha value is -3.15. The average molecular weight is 482 g/mol. The van der Waals surface area contributed by atoms with E-state index in [1.807, 2.05) is 35.2 Å². The van der Waals surface area contributed by atoms with Crippen LogP contribution in [0, 0.1) is 11.3 Å². The van der Waals surface area contributed by atoms with E-state index < -0.39 is 5.97 Å². The Bertz CT molecular complexity index is 1240. The number of thiazole rings is 1. The van der Waals surface area contributed by atoms with Crippen molar-refractivity contribution in [2.75, 3.05) is 11.5 Å². The summed E-state index contributed by atoms with van der Waals surface area (Å²) in [5.41, 5.74) is 3.56. The molecule has 0 N–H and O–H groups in total. The van der Waals surface area contributed by atoms with Crippen LogP contribution < -0.4 is 4.90 Å². The molecule has 30 heavy (non-hydrogen) atoms. The average Bonchev–Trinajstić information content (AvgIpc) is 3.38. The summed E-state index contributed by atoms with van der Waals surface area (Å²) in [5, 5.41) is 10.8. The van der Waals surface area contributed by atoms with E-state index in [-0.39, 0.29) is 12.3 Å². The lowest BCUT2D eigenvalue weighted by Crippen LogP contribution is -2.17. The van der Waals surface area contributed by atoms with Gasteiger partial charge in [-0.2, -0.15) is 5.26 Å². The molecule has 0 saturated carbocycles. The summed E-state index contributed by atoms with van der Waals surface area (Å²) in [6.45, 7) is 2.56. The molecule has 150 valence electrons. The van der Waals surface area contributed by atoms with Crippen molar-refractivity contribution in [2.24, 2.45) is 0 Å². The van der Waals surface area contributed by atoms with Crippen LogP contribution in [0.4, 0.5) is 10.8 Å². The number of rotatable bonds is 6. The van der Waals surface area contributed by atoms with E-state index in [1.54, 1.807) is 25.3 Å². The number of hydrogen-bond donors (Lipinski definition) is 0. The van der Waals surface area contributed by atoms with Crippen LogP contribution in [-0.4, -0.2) is 17.6 Å². The number of ether oxygens (including phenoxy) is 1. The number of nitrogens with zero attached hydrogens (tertiary/aromatic N) is 3. The van der Waals surface area contributed by atoms with Gasteiger partial charge in [0.25, 0.3) is 0 Å². The molecule has 8 heteroatoms. The van der Waals surface area contributed by atoms with E-state index in [1.165, 1.54) is 11.3 Å². The smallest absolute Gasteiger partial charge is 0.359 e. The third kappa shape index (κ3) is 4.08. The fourth-order valence-corrected chi connectivity index (χ4v) is 4.50. The SMILES string of the molecule is CCOC(=O)c1nc(N(Cc2ccc3occc3c2)c2ccc(C#N)cc2)sc1Br. The van der Waals surface area contributed by atoms with Gasteiger partial charge in [0, 0.05) is 11.1 Å². The van der Waals surface area contributed by atoms with E-state index in [0.29, 0.717) is 21.0 Å². The van der Waals surface area contributed by atoms with Crippen LogP contribution in [0.3, 0.4) is 0 Å². The number of furan rings is 1. The van der Waals surface area contributed by atoms with Crippen molar-refractivity contribution in [3.63, 3.8) is 0 Å². The van der Waals surface area contributed by atoms with Crippen LogP contribution in [0.1, 0.15) is 28.5 Å². The molecule has 0 spiro atoms. The highest BCUT2D eigenvalue weighted by molar-refractivity contribution is 9.11. The summed E-state index contributed by atoms with van der Waals surface area (Å²) >= 11 is 4.79. The first-order valence-corrected chi connectivity index (χ1v) is 10.8. The fourth-order valence-electron chi connectivity index (χ4n) is 3.01. The number of anilines is 2. The lowest BCUT2D eigenvalue weighted by molar-refractivity contribution is 0.0519. The van der Waals surface area contributed by atoms with Gasteiger partial charge in [-0.25, -0.2) is 9.78 Å². The molecule has 4 rings (SSSR count). The van der Waals surface area contributed by atoms with Gasteiger partial charge in [0.15, 0.2) is 10.8 Å². The van der Waals surface area contributed by atoms with Gasteiger partial charge in [-0.05, 0) is 70.9 Å². The molecule has 0 radical (unpaired) electrons. The molecule has 0 atom stereocenters. The van der Waals surface area contributed by atoms with E-state index in [4.69, 9.17) is 14.4 Å². The highest BCUT2D eigenvalue weighted by Crippen LogP contribution is 2.36. The van der Waals surface area contributed by atoms with Crippen LogP contribution in [-0.2, 0) is 11.3 Å². The molecule has 4 aromatic rings. The van der Waals surface area contributed by atoms with E-state index in [9.17, 15) is 4.79 Å². The predicted octanol–water partition coefficient (Wildman–Crippen LogP) is 6.04. The second kappa shape index (κ2) is 8.69. The van der Waals surface area contributed by atoms with Crippen LogP contribution in [0.15, 0.2) is 63.0 Å². The van der Waals surface area contributed by atoms with Crippen molar-refractivity contribution in [3.05, 3.63) is 75.4 Å². The highest BCUT2D eigenvalue weighted by Gasteiger charge is 2.22. The van der Waals surface area contributed by atoms with Crippen LogP contribution >= 0.6 is 27.3 Å². The third-order valence-electron chi connectivity index (χ3n) is 4.44. The third-order valence-corrected chi connectivity index (χ3v) is 6.17. The topological polar surface area (TPSA) is 79.4 Å². The Morgan fingerprint density at radius 2 is 2.07 bits per heavy atom. The minimum Gasteiger partial charge on any atom is -0.464 e. The number of benzene rings is 2. The zero-order chi connectivity index (χ0) is 21.1. The molecule has 0 aliphatic rings. The summed E-state index contributed by atoms with van der Waals surface area (Å²) in [4.78, 5) is 18.8. The zero-order valence-corrected chi connectivity index (χ0v) is 18.4. The van der Waals surface area contributed by atoms with Gasteiger partial charge in [0.05, 0.1) is 31.0 Å². The van der Waals surface area contributed by atoms with Crippen molar-refractivity contribution < 1.29 is 13.9 Å². The van der Waals surface area contributed by atoms with Crippen molar-refractivity contribution in [1.82, 2.24) is 4.98 Å². The predicted molar refractivity (Wildman–Crippen MR) is 119 cm³/mol. The summed E-state index contributed by atoms with van der Waals surface area (Å²) in [5.74, 6) is -0.466. The standard InChI is InChI=1S/C22H16BrN3O3S/c1-2-28-21(27)19-20(23)30-22(25-19)26(17-6-3-14(12-24)4-7-17)13-15-5-8-18-16(11-15)9-10-29-18/h3-11H,2,13H2,1H3. The first-order valence-electron chi connectivity index (χ1n) is 9.16. The first-order chi connectivity index (χ1) is 14.6. The largest absolute Gasteiger partial charge is 0.464 e. The molecule has 6 nitrogen and oxygen atoms in total. The zero-order valence-electron chi connectivity index (χ0n) is 16.0. The minimum absolute atomic E-state index is 0.251. The molecule has 0 aliphatic carbocycles. The Morgan fingerprint density at radius 3 is 2.80 bits per heavy atom. The van der Waals surface area contributed by atoms with Gasteiger partial charge < -0.3 is 14.1 Å². The maximum absolute atomic E-state index is 12.2. The molecule has 2 aromatic heterocycles. The lowest BCUT2D eigenvalue weighted by atomic mass is 10.1. The number of fused-ring (bicyclic) bond motifs is 1. The number of halogens is 1. The summed E-state index contributed by atoms with van der Waals surface area (Å²) in [6.07, 6.45) is 1.66. The van der Waals surface area contributed by atoms with Gasteiger partial charge in [0.2, 0.25) is 0 Å². The maximum Gasteiger partial charge on any atom is 0.359 e. The number of hydrogen-bond acceptors (Lipinski definition) is 7. The Kier molecular flexibility index (Phi) is 5.84. The molecular weight excluding hydrogens is 466 g/mol. The van der Waals surface area contributed by atoms with Crippen molar-refractivity contribution in [3.8, 4) is 6.07 Å². The van der Waals surface area contributed by atoms with Crippen molar-refractivity contribution in [2.45, 2.75) is 13.5 Å². The highest BCUT2D eigenvalue weighted by atomic mass is 79.9. The Balaban J connectivity index is 1.74. The molecule has 0 fully saturated rings. The number of aromatic nitrogens is 1. The molecule has 0 bridgehead atoms. The summed E-state index contributed by atoms with van der Waals surface area (Å²) < 4.78 is 11.1. The van der Waals surface area contributed by atoms with Crippen LogP contribution in [0.5, 0.6) is 0 Å². The Morgan fingerprint density at radius 1 is 1.27 bits per heavy atom. The van der Waals surface area contributed by atoms with Gasteiger partial charge in [-0.15, -0.1) is 0 Å². The van der Waals surface area contributed by atoms with E-state index in [2.05, 4.69) is 33.0 Å². The normalized spacial score (nSPS) is 10.7. The van der Waals surface area contributed by atoms with Gasteiger partial charge in [-0.3, -0.25) is 0 Å². The van der Waals surface area contributed by atoms with Gasteiger partial charge in [-0.1, -0.05) is 17.4 Å². The fraction of sp³-hybridized carbons (Fsp3) is 0.136. The molecule has 2 aromatic carbocycles. The van der Waals surface area contributed by atoms with Crippen LogP contribution in [0.25, 0.3) is 11.0 Å². The second-order valence-corrected chi connectivity index (χ2v) is 8.67. The van der Waals surface area contributed by atoms with Crippen LogP contribution in [0.2, 0.25) is 0 Å². The lowest BCUT2D eigenvalue weighted by Gasteiger charge is -2.22. The minimum atomic E-state index is -0.466. The number of carbonyl (C=O) groups excluding carboxylic acids is 1. The molecule has 0 unspecified atom stereocenters. The second-order valence-electron chi connectivity index (χ2n) is 6.38. The molecule has 2 heterocycles. The van der Waals surface area contributed by atoms with E-state index >= 15 is 0 Å². The number of carbonyl (C=O) groups is 1. The van der Waals surface area contributed by atoms with E-state index in [0.717, 1.165) is 22.2 Å².